The van der Waals surface area contributed by atoms with Gasteiger partial charge in [0.05, 0.1) is 11.4 Å². The van der Waals surface area contributed by atoms with Crippen molar-refractivity contribution in [2.75, 3.05) is 18.7 Å². The van der Waals surface area contributed by atoms with Crippen molar-refractivity contribution in [1.29, 1.82) is 0 Å². The number of rotatable bonds is 6. The van der Waals surface area contributed by atoms with Gasteiger partial charge in [-0.05, 0) is 36.2 Å². The van der Waals surface area contributed by atoms with E-state index in [1.54, 1.807) is 30.3 Å². The van der Waals surface area contributed by atoms with Gasteiger partial charge in [0, 0.05) is 11.8 Å². The maximum atomic E-state index is 12.2. The van der Waals surface area contributed by atoms with Gasteiger partial charge < -0.3 is 14.8 Å². The second kappa shape index (κ2) is 7.12. The number of amides is 1. The summed E-state index contributed by atoms with van der Waals surface area (Å²) in [7, 11) is -3.74. The minimum absolute atomic E-state index is 0.126. The Kier molecular flexibility index (Phi) is 4.91. The molecule has 2 aromatic rings. The molecule has 1 amide bonds. The van der Waals surface area contributed by atoms with Gasteiger partial charge in [0.25, 0.3) is 0 Å². The van der Waals surface area contributed by atoms with E-state index < -0.39 is 15.9 Å². The molecule has 1 heterocycles. The smallest absolute Gasteiger partial charge is 0.241 e. The molecule has 2 aromatic carbocycles. The monoisotopic (exact) mass is 362 g/mol. The zero-order valence-electron chi connectivity index (χ0n) is 13.6. The Morgan fingerprint density at radius 1 is 1.08 bits per heavy atom. The molecule has 0 saturated carbocycles. The first-order valence-electron chi connectivity index (χ1n) is 7.76. The van der Waals surface area contributed by atoms with E-state index in [0.717, 1.165) is 12.0 Å². The number of nitrogens with one attached hydrogen (secondary N) is 2. The number of fused-ring (bicyclic) bond motifs is 1. The van der Waals surface area contributed by atoms with Crippen molar-refractivity contribution in [2.45, 2.75) is 18.2 Å². The average Bonchev–Trinajstić information content (AvgIpc) is 3.08. The van der Waals surface area contributed by atoms with Crippen molar-refractivity contribution in [2.24, 2.45) is 0 Å². The fourth-order valence-corrected chi connectivity index (χ4v) is 3.31. The molecule has 1 aliphatic heterocycles. The molecule has 0 atom stereocenters. The third-order valence-electron chi connectivity index (χ3n) is 3.72. The molecule has 7 nitrogen and oxygen atoms in total. The van der Waals surface area contributed by atoms with E-state index in [9.17, 15) is 13.2 Å². The molecule has 25 heavy (non-hydrogen) atoms. The van der Waals surface area contributed by atoms with E-state index in [4.69, 9.17) is 9.47 Å². The number of anilines is 1. The lowest BCUT2D eigenvalue weighted by Crippen LogP contribution is -2.32. The Balaban J connectivity index is 1.59. The van der Waals surface area contributed by atoms with E-state index >= 15 is 0 Å². The maximum absolute atomic E-state index is 12.2. The van der Waals surface area contributed by atoms with Crippen molar-refractivity contribution < 1.29 is 22.7 Å². The molecule has 2 N–H and O–H groups in total. The standard InChI is InChI=1S/C17H18N2O5S/c1-2-12-3-6-14(7-4-12)25(21,22)18-10-17(20)19-13-5-8-15-16(9-13)24-11-23-15/h3-9,18H,2,10-11H2,1H3,(H,19,20). The number of carbonyl (C=O) groups excluding carboxylic acids is 1. The summed E-state index contributed by atoms with van der Waals surface area (Å²) in [6.07, 6.45) is 0.825. The van der Waals surface area contributed by atoms with Crippen molar-refractivity contribution in [3.05, 3.63) is 48.0 Å². The summed E-state index contributed by atoms with van der Waals surface area (Å²) in [5, 5.41) is 2.61. The third kappa shape index (κ3) is 4.09. The van der Waals surface area contributed by atoms with E-state index in [1.807, 2.05) is 6.92 Å². The first-order chi connectivity index (χ1) is 12.0. The van der Waals surface area contributed by atoms with Crippen LogP contribution in [0.5, 0.6) is 11.5 Å². The van der Waals surface area contributed by atoms with E-state index in [2.05, 4.69) is 10.0 Å². The van der Waals surface area contributed by atoms with Crippen LogP contribution in [-0.2, 0) is 21.2 Å². The number of ether oxygens (including phenoxy) is 2. The van der Waals surface area contributed by atoms with Gasteiger partial charge in [-0.1, -0.05) is 19.1 Å². The van der Waals surface area contributed by atoms with Gasteiger partial charge >= 0.3 is 0 Å². The topological polar surface area (TPSA) is 93.7 Å². The van der Waals surface area contributed by atoms with Crippen LogP contribution in [0.4, 0.5) is 5.69 Å². The van der Waals surface area contributed by atoms with Crippen LogP contribution in [0.1, 0.15) is 12.5 Å². The zero-order chi connectivity index (χ0) is 17.9. The quantitative estimate of drug-likeness (QED) is 0.818. The average molecular weight is 362 g/mol. The SMILES string of the molecule is CCc1ccc(S(=O)(=O)NCC(=O)Nc2ccc3c(c2)OCO3)cc1. The molecular formula is C17H18N2O5S. The molecule has 0 spiro atoms. The number of hydrogen-bond donors (Lipinski definition) is 2. The molecule has 1 aliphatic rings. The van der Waals surface area contributed by atoms with Gasteiger partial charge in [0.2, 0.25) is 22.7 Å². The van der Waals surface area contributed by atoms with E-state index in [1.165, 1.54) is 12.1 Å². The van der Waals surface area contributed by atoms with E-state index in [0.29, 0.717) is 17.2 Å². The van der Waals surface area contributed by atoms with Crippen molar-refractivity contribution in [1.82, 2.24) is 4.72 Å². The van der Waals surface area contributed by atoms with Gasteiger partial charge in [0.1, 0.15) is 0 Å². The number of benzene rings is 2. The van der Waals surface area contributed by atoms with Crippen molar-refractivity contribution in [3.63, 3.8) is 0 Å². The van der Waals surface area contributed by atoms with Crippen LogP contribution in [0.2, 0.25) is 0 Å². The van der Waals surface area contributed by atoms with Crippen LogP contribution in [0.15, 0.2) is 47.4 Å². The molecule has 0 bridgehead atoms. The first kappa shape index (κ1) is 17.2. The summed E-state index contributed by atoms with van der Waals surface area (Å²) in [5.41, 5.74) is 1.54. The fraction of sp³-hybridized carbons (Fsp3) is 0.235. The number of sulfonamides is 1. The number of carbonyl (C=O) groups is 1. The third-order valence-corrected chi connectivity index (χ3v) is 5.14. The van der Waals surface area contributed by atoms with Crippen molar-refractivity contribution in [3.8, 4) is 11.5 Å². The van der Waals surface area contributed by atoms with E-state index in [-0.39, 0.29) is 18.2 Å². The molecule has 8 heteroatoms. The van der Waals surface area contributed by atoms with Crippen LogP contribution in [-0.4, -0.2) is 27.7 Å². The highest BCUT2D eigenvalue weighted by molar-refractivity contribution is 7.89. The number of hydrogen-bond acceptors (Lipinski definition) is 5. The normalized spacial score (nSPS) is 12.8. The largest absolute Gasteiger partial charge is 0.454 e. The molecule has 132 valence electrons. The Morgan fingerprint density at radius 3 is 2.52 bits per heavy atom. The second-order valence-corrected chi connectivity index (χ2v) is 7.21. The molecule has 0 fully saturated rings. The second-order valence-electron chi connectivity index (χ2n) is 5.44. The van der Waals surface area contributed by atoms with Gasteiger partial charge in [-0.2, -0.15) is 0 Å². The summed E-state index contributed by atoms with van der Waals surface area (Å²) >= 11 is 0. The van der Waals surface area contributed by atoms with Crippen LogP contribution in [0.25, 0.3) is 0 Å². The fourth-order valence-electron chi connectivity index (χ4n) is 2.33. The Labute approximate surface area is 146 Å². The summed E-state index contributed by atoms with van der Waals surface area (Å²) in [5.74, 6) is 0.663. The van der Waals surface area contributed by atoms with Gasteiger partial charge in [-0.15, -0.1) is 0 Å². The molecule has 3 rings (SSSR count). The van der Waals surface area contributed by atoms with Crippen LogP contribution in [0, 0.1) is 0 Å². The molecule has 0 saturated heterocycles. The lowest BCUT2D eigenvalue weighted by atomic mass is 10.2. The maximum Gasteiger partial charge on any atom is 0.241 e. The van der Waals surface area contributed by atoms with Gasteiger partial charge in [0.15, 0.2) is 11.5 Å². The van der Waals surface area contributed by atoms with Crippen molar-refractivity contribution >= 4 is 21.6 Å². The Bertz CT molecular complexity index is 878. The predicted molar refractivity (Wildman–Crippen MR) is 92.2 cm³/mol. The molecular weight excluding hydrogens is 344 g/mol. The Hall–Kier alpha value is -2.58. The summed E-state index contributed by atoms with van der Waals surface area (Å²) in [6.45, 7) is 1.76. The predicted octanol–water partition coefficient (Wildman–Crippen LogP) is 1.89. The van der Waals surface area contributed by atoms with Crippen LogP contribution in [0.3, 0.4) is 0 Å². The molecule has 0 aliphatic carbocycles. The summed E-state index contributed by atoms with van der Waals surface area (Å²) in [4.78, 5) is 12.1. The van der Waals surface area contributed by atoms with Crippen LogP contribution < -0.4 is 19.5 Å². The number of aryl methyl sites for hydroxylation is 1. The highest BCUT2D eigenvalue weighted by atomic mass is 32.2. The summed E-state index contributed by atoms with van der Waals surface area (Å²) < 4.78 is 37.1. The van der Waals surface area contributed by atoms with Gasteiger partial charge in [-0.3, -0.25) is 4.79 Å². The van der Waals surface area contributed by atoms with Gasteiger partial charge in [-0.25, -0.2) is 13.1 Å². The van der Waals surface area contributed by atoms with Crippen LogP contribution >= 0.6 is 0 Å². The molecule has 0 unspecified atom stereocenters. The molecule has 0 aromatic heterocycles. The minimum atomic E-state index is -3.74. The zero-order valence-corrected chi connectivity index (χ0v) is 14.4. The Morgan fingerprint density at radius 2 is 1.80 bits per heavy atom. The molecule has 0 radical (unpaired) electrons. The highest BCUT2D eigenvalue weighted by Gasteiger charge is 2.17. The lowest BCUT2D eigenvalue weighted by Gasteiger charge is -2.09. The summed E-state index contributed by atoms with van der Waals surface area (Å²) in [6, 6.07) is 11.5. The lowest BCUT2D eigenvalue weighted by molar-refractivity contribution is -0.115. The minimum Gasteiger partial charge on any atom is -0.454 e. The highest BCUT2D eigenvalue weighted by Crippen LogP contribution is 2.34. The first-order valence-corrected chi connectivity index (χ1v) is 9.24.